The van der Waals surface area contributed by atoms with Crippen molar-refractivity contribution in [3.05, 3.63) is 52.2 Å². The average molecular weight is 387 g/mol. The molecule has 0 fully saturated rings. The summed E-state index contributed by atoms with van der Waals surface area (Å²) in [6.45, 7) is 2.45. The maximum Gasteiger partial charge on any atom is 0.309 e. The quantitative estimate of drug-likeness (QED) is 0.710. The number of fused-ring (bicyclic) bond motifs is 1. The van der Waals surface area contributed by atoms with Gasteiger partial charge in [-0.2, -0.15) is 0 Å². The molecule has 0 radical (unpaired) electrons. The molecule has 1 unspecified atom stereocenters. The lowest BCUT2D eigenvalue weighted by molar-refractivity contribution is -0.139. The van der Waals surface area contributed by atoms with Crippen molar-refractivity contribution in [2.45, 2.75) is 12.5 Å². The summed E-state index contributed by atoms with van der Waals surface area (Å²) in [6, 6.07) is 12.5. The number of thiophene rings is 1. The molecule has 0 saturated carbocycles. The minimum absolute atomic E-state index is 0.0205. The topological polar surface area (TPSA) is 64.7 Å². The predicted molar refractivity (Wildman–Crippen MR) is 109 cm³/mol. The van der Waals surface area contributed by atoms with E-state index in [-0.39, 0.29) is 6.04 Å². The summed E-state index contributed by atoms with van der Waals surface area (Å²) in [7, 11) is 3.84. The fourth-order valence-corrected chi connectivity index (χ4v) is 4.11. The van der Waals surface area contributed by atoms with Crippen LogP contribution >= 0.6 is 11.3 Å². The number of amides is 2. The summed E-state index contributed by atoms with van der Waals surface area (Å²) in [5.41, 5.74) is 2.53. The minimum Gasteiger partial charge on any atom is -0.361 e. The Hall–Kier alpha value is -2.38. The van der Waals surface area contributed by atoms with E-state index < -0.39 is 11.8 Å². The van der Waals surface area contributed by atoms with Crippen LogP contribution < -0.4 is 15.5 Å². The Bertz CT molecular complexity index is 776. The molecule has 6 nitrogen and oxygen atoms in total. The third-order valence-corrected chi connectivity index (χ3v) is 5.65. The number of para-hydroxylation sites is 1. The monoisotopic (exact) mass is 386 g/mol. The number of hydrogen-bond acceptors (Lipinski definition) is 5. The van der Waals surface area contributed by atoms with E-state index in [2.05, 4.69) is 39.8 Å². The van der Waals surface area contributed by atoms with Crippen molar-refractivity contribution in [1.29, 1.82) is 0 Å². The molecule has 1 atom stereocenters. The van der Waals surface area contributed by atoms with E-state index in [9.17, 15) is 9.59 Å². The van der Waals surface area contributed by atoms with Crippen LogP contribution in [0, 0.1) is 0 Å². The molecule has 0 spiro atoms. The largest absolute Gasteiger partial charge is 0.361 e. The van der Waals surface area contributed by atoms with Gasteiger partial charge in [-0.3, -0.25) is 9.59 Å². The fraction of sp³-hybridized carbons (Fsp3) is 0.400. The SMILES string of the molecule is CN(C)CCNC(=O)C(=O)NCC(c1cccs1)N1CCc2ccccc21. The highest BCUT2D eigenvalue weighted by molar-refractivity contribution is 7.10. The summed E-state index contributed by atoms with van der Waals surface area (Å²) in [5, 5.41) is 7.51. The van der Waals surface area contributed by atoms with Crippen molar-refractivity contribution < 1.29 is 9.59 Å². The third kappa shape index (κ3) is 4.87. The highest BCUT2D eigenvalue weighted by Crippen LogP contribution is 2.36. The Kier molecular flexibility index (Phi) is 6.47. The Balaban J connectivity index is 1.64. The number of carbonyl (C=O) groups is 2. The van der Waals surface area contributed by atoms with Gasteiger partial charge < -0.3 is 20.4 Å². The molecule has 1 aromatic heterocycles. The number of hydrogen-bond donors (Lipinski definition) is 2. The van der Waals surface area contributed by atoms with Gasteiger partial charge in [-0.15, -0.1) is 11.3 Å². The van der Waals surface area contributed by atoms with E-state index in [1.807, 2.05) is 36.5 Å². The Morgan fingerprint density at radius 2 is 1.93 bits per heavy atom. The Morgan fingerprint density at radius 1 is 1.15 bits per heavy atom. The van der Waals surface area contributed by atoms with Gasteiger partial charge in [-0.1, -0.05) is 24.3 Å². The molecule has 2 aromatic rings. The van der Waals surface area contributed by atoms with Gasteiger partial charge in [0, 0.05) is 36.7 Å². The number of nitrogens with one attached hydrogen (secondary N) is 2. The van der Waals surface area contributed by atoms with E-state index in [0.717, 1.165) is 13.0 Å². The molecule has 144 valence electrons. The molecule has 3 rings (SSSR count). The first-order chi connectivity index (χ1) is 13.1. The first-order valence-corrected chi connectivity index (χ1v) is 10.0. The molecule has 7 heteroatoms. The zero-order valence-corrected chi connectivity index (χ0v) is 16.6. The number of carbonyl (C=O) groups excluding carboxylic acids is 2. The summed E-state index contributed by atoms with van der Waals surface area (Å²) in [4.78, 5) is 29.7. The lowest BCUT2D eigenvalue weighted by Crippen LogP contribution is -2.45. The maximum absolute atomic E-state index is 12.2. The number of anilines is 1. The van der Waals surface area contributed by atoms with Crippen molar-refractivity contribution >= 4 is 28.8 Å². The van der Waals surface area contributed by atoms with Crippen LogP contribution in [0.2, 0.25) is 0 Å². The average Bonchev–Trinajstić information content (AvgIpc) is 3.32. The van der Waals surface area contributed by atoms with Gasteiger partial charge in [-0.25, -0.2) is 0 Å². The van der Waals surface area contributed by atoms with Crippen molar-refractivity contribution in [3.8, 4) is 0 Å². The summed E-state index contributed by atoms with van der Waals surface area (Å²) >= 11 is 1.67. The van der Waals surface area contributed by atoms with Crippen LogP contribution in [-0.2, 0) is 16.0 Å². The second-order valence-corrected chi connectivity index (χ2v) is 7.85. The molecule has 2 N–H and O–H groups in total. The summed E-state index contributed by atoms with van der Waals surface area (Å²) in [5.74, 6) is -1.16. The lowest BCUT2D eigenvalue weighted by atomic mass is 10.1. The Labute approximate surface area is 164 Å². The van der Waals surface area contributed by atoms with Crippen LogP contribution in [0.25, 0.3) is 0 Å². The van der Waals surface area contributed by atoms with Crippen LogP contribution in [0.4, 0.5) is 5.69 Å². The fourth-order valence-electron chi connectivity index (χ4n) is 3.28. The van der Waals surface area contributed by atoms with E-state index >= 15 is 0 Å². The second kappa shape index (κ2) is 9.01. The molecular formula is C20H26N4O2S. The van der Waals surface area contributed by atoms with Crippen LogP contribution in [-0.4, -0.2) is 57.0 Å². The molecule has 0 aliphatic carbocycles. The molecule has 0 saturated heterocycles. The van der Waals surface area contributed by atoms with Crippen LogP contribution in [0.1, 0.15) is 16.5 Å². The molecule has 0 bridgehead atoms. The van der Waals surface area contributed by atoms with Gasteiger partial charge in [0.15, 0.2) is 0 Å². The van der Waals surface area contributed by atoms with E-state index in [1.54, 1.807) is 11.3 Å². The zero-order valence-electron chi connectivity index (χ0n) is 15.8. The molecule has 27 heavy (non-hydrogen) atoms. The van der Waals surface area contributed by atoms with Gasteiger partial charge in [-0.05, 0) is 43.6 Å². The number of likely N-dealkylation sites (N-methyl/N-ethyl adjacent to an activating group) is 1. The molecule has 2 amide bonds. The zero-order chi connectivity index (χ0) is 19.2. The lowest BCUT2D eigenvalue weighted by Gasteiger charge is -2.30. The standard InChI is InChI=1S/C20H26N4O2S/c1-23(2)12-10-21-19(25)20(26)22-14-17(18-8-5-13-27-18)24-11-9-15-6-3-4-7-16(15)24/h3-8,13,17H,9-12,14H2,1-2H3,(H,21,25)(H,22,26). The summed E-state index contributed by atoms with van der Waals surface area (Å²) < 4.78 is 0. The van der Waals surface area contributed by atoms with Crippen molar-refractivity contribution in [3.63, 3.8) is 0 Å². The summed E-state index contributed by atoms with van der Waals surface area (Å²) in [6.07, 6.45) is 0.997. The van der Waals surface area contributed by atoms with Crippen LogP contribution in [0.3, 0.4) is 0 Å². The minimum atomic E-state index is -0.581. The second-order valence-electron chi connectivity index (χ2n) is 6.87. The Morgan fingerprint density at radius 3 is 2.67 bits per heavy atom. The van der Waals surface area contributed by atoms with E-state index in [4.69, 9.17) is 0 Å². The predicted octanol–water partition coefficient (Wildman–Crippen LogP) is 1.65. The third-order valence-electron chi connectivity index (χ3n) is 4.68. The van der Waals surface area contributed by atoms with Crippen LogP contribution in [0.15, 0.2) is 41.8 Å². The number of rotatable bonds is 7. The van der Waals surface area contributed by atoms with Crippen LogP contribution in [0.5, 0.6) is 0 Å². The maximum atomic E-state index is 12.2. The van der Waals surface area contributed by atoms with Gasteiger partial charge in [0.25, 0.3) is 0 Å². The van der Waals surface area contributed by atoms with Crippen molar-refractivity contribution in [1.82, 2.24) is 15.5 Å². The molecule has 1 aromatic carbocycles. The van der Waals surface area contributed by atoms with Gasteiger partial charge in [0.1, 0.15) is 0 Å². The van der Waals surface area contributed by atoms with Crippen molar-refractivity contribution in [2.75, 3.05) is 45.2 Å². The molecule has 1 aliphatic heterocycles. The molecule has 1 aliphatic rings. The van der Waals surface area contributed by atoms with E-state index in [1.165, 1.54) is 16.1 Å². The van der Waals surface area contributed by atoms with Crippen molar-refractivity contribution in [2.24, 2.45) is 0 Å². The van der Waals surface area contributed by atoms with Gasteiger partial charge in [0.05, 0.1) is 6.04 Å². The first-order valence-electron chi connectivity index (χ1n) is 9.15. The highest BCUT2D eigenvalue weighted by atomic mass is 32.1. The smallest absolute Gasteiger partial charge is 0.309 e. The number of nitrogens with zero attached hydrogens (tertiary/aromatic N) is 2. The van der Waals surface area contributed by atoms with Gasteiger partial charge in [0.2, 0.25) is 0 Å². The first kappa shape index (κ1) is 19.4. The highest BCUT2D eigenvalue weighted by Gasteiger charge is 2.28. The van der Waals surface area contributed by atoms with E-state index in [0.29, 0.717) is 19.6 Å². The molecule has 2 heterocycles. The van der Waals surface area contributed by atoms with Gasteiger partial charge >= 0.3 is 11.8 Å². The number of benzene rings is 1. The molecular weight excluding hydrogens is 360 g/mol. The normalized spacial score (nSPS) is 14.1.